The Morgan fingerprint density at radius 2 is 1.70 bits per heavy atom. The van der Waals surface area contributed by atoms with Gasteiger partial charge >= 0.3 is 0 Å². The molecular formula is C19H30O. The third-order valence-electron chi connectivity index (χ3n) is 8.12. The van der Waals surface area contributed by atoms with E-state index in [0.717, 1.165) is 29.6 Å². The van der Waals surface area contributed by atoms with Crippen LogP contribution in [0.2, 0.25) is 0 Å². The van der Waals surface area contributed by atoms with Crippen molar-refractivity contribution >= 4 is 6.29 Å². The summed E-state index contributed by atoms with van der Waals surface area (Å²) in [6, 6.07) is 0. The summed E-state index contributed by atoms with van der Waals surface area (Å²) in [5.74, 6) is 5.37. The van der Waals surface area contributed by atoms with Crippen molar-refractivity contribution in [3.8, 4) is 0 Å². The largest absolute Gasteiger partial charge is 0.303 e. The summed E-state index contributed by atoms with van der Waals surface area (Å²) in [7, 11) is 0. The van der Waals surface area contributed by atoms with E-state index in [9.17, 15) is 4.79 Å². The van der Waals surface area contributed by atoms with Crippen LogP contribution in [-0.4, -0.2) is 6.29 Å². The zero-order valence-electron chi connectivity index (χ0n) is 13.0. The lowest BCUT2D eigenvalue weighted by molar-refractivity contribution is -0.118. The standard InChI is InChI=1S/C19H30O/c1-19-11-10-16-15-5-3-2-4-13(15)6-8-17(16)18(19)9-7-14(19)12-20/h12-18H,2-11H2,1H3/t13?,14?,15-,16+,17+,18-,19+/m0/s1. The van der Waals surface area contributed by atoms with Crippen molar-refractivity contribution in [1.82, 2.24) is 0 Å². The Balaban J connectivity index is 1.59. The quantitative estimate of drug-likeness (QED) is 0.625. The van der Waals surface area contributed by atoms with Crippen molar-refractivity contribution in [2.75, 3.05) is 0 Å². The smallest absolute Gasteiger partial charge is 0.123 e. The molecule has 0 aromatic heterocycles. The molecule has 0 heterocycles. The highest BCUT2D eigenvalue weighted by atomic mass is 16.1. The number of rotatable bonds is 1. The SMILES string of the molecule is C[C@]12CC[C@H]3[C@@H](CCC4CCCC[C@@H]43)[C@@H]1CCC2C=O. The van der Waals surface area contributed by atoms with Crippen molar-refractivity contribution in [2.24, 2.45) is 40.9 Å². The summed E-state index contributed by atoms with van der Waals surface area (Å²) in [6.45, 7) is 2.45. The number of hydrogen-bond donors (Lipinski definition) is 0. The van der Waals surface area contributed by atoms with Crippen LogP contribution in [0, 0.1) is 40.9 Å². The van der Waals surface area contributed by atoms with Gasteiger partial charge in [-0.3, -0.25) is 0 Å². The molecule has 0 saturated heterocycles. The second-order valence-corrected chi connectivity index (χ2v) is 8.58. The Hall–Kier alpha value is -0.330. The van der Waals surface area contributed by atoms with Crippen LogP contribution in [0.15, 0.2) is 0 Å². The number of hydrogen-bond acceptors (Lipinski definition) is 1. The van der Waals surface area contributed by atoms with Crippen molar-refractivity contribution in [3.63, 3.8) is 0 Å². The van der Waals surface area contributed by atoms with Gasteiger partial charge < -0.3 is 4.79 Å². The Morgan fingerprint density at radius 3 is 2.55 bits per heavy atom. The maximum atomic E-state index is 11.5. The predicted octanol–water partition coefficient (Wildman–Crippen LogP) is 4.84. The highest BCUT2D eigenvalue weighted by Crippen LogP contribution is 2.63. The fraction of sp³-hybridized carbons (Fsp3) is 0.947. The van der Waals surface area contributed by atoms with Crippen molar-refractivity contribution in [1.29, 1.82) is 0 Å². The Labute approximate surface area is 123 Å². The molecule has 0 aromatic rings. The van der Waals surface area contributed by atoms with E-state index in [4.69, 9.17) is 0 Å². The van der Waals surface area contributed by atoms with E-state index in [2.05, 4.69) is 6.92 Å². The fourth-order valence-electron chi connectivity index (χ4n) is 7.09. The summed E-state index contributed by atoms with van der Waals surface area (Å²) >= 11 is 0. The van der Waals surface area contributed by atoms with Gasteiger partial charge in [0, 0.05) is 5.92 Å². The van der Waals surface area contributed by atoms with E-state index in [1.54, 1.807) is 0 Å². The lowest BCUT2D eigenvalue weighted by Gasteiger charge is -2.55. The van der Waals surface area contributed by atoms with Crippen LogP contribution in [0.4, 0.5) is 0 Å². The van der Waals surface area contributed by atoms with E-state index >= 15 is 0 Å². The molecule has 4 rings (SSSR count). The molecule has 0 amide bonds. The highest BCUT2D eigenvalue weighted by molar-refractivity contribution is 5.56. The van der Waals surface area contributed by atoms with Crippen LogP contribution in [0.25, 0.3) is 0 Å². The van der Waals surface area contributed by atoms with Gasteiger partial charge in [-0.15, -0.1) is 0 Å². The Bertz CT molecular complexity index is 389. The van der Waals surface area contributed by atoms with Gasteiger partial charge in [0.05, 0.1) is 0 Å². The normalized spacial score (nSPS) is 54.6. The molecule has 1 heteroatoms. The molecule has 7 atom stereocenters. The van der Waals surface area contributed by atoms with Crippen molar-refractivity contribution < 1.29 is 4.79 Å². The molecule has 4 aliphatic carbocycles. The molecule has 0 aliphatic heterocycles. The van der Waals surface area contributed by atoms with Crippen LogP contribution < -0.4 is 0 Å². The van der Waals surface area contributed by atoms with Gasteiger partial charge in [0.25, 0.3) is 0 Å². The fourth-order valence-corrected chi connectivity index (χ4v) is 7.09. The molecule has 4 fully saturated rings. The van der Waals surface area contributed by atoms with E-state index < -0.39 is 0 Å². The molecule has 0 bridgehead atoms. The molecular weight excluding hydrogens is 244 g/mol. The first-order chi connectivity index (χ1) is 9.74. The lowest BCUT2D eigenvalue weighted by Crippen LogP contribution is -2.48. The zero-order chi connectivity index (χ0) is 13.7. The van der Waals surface area contributed by atoms with Crippen molar-refractivity contribution in [3.05, 3.63) is 0 Å². The van der Waals surface area contributed by atoms with Crippen LogP contribution in [0.5, 0.6) is 0 Å². The Morgan fingerprint density at radius 1 is 0.850 bits per heavy atom. The summed E-state index contributed by atoms with van der Waals surface area (Å²) in [5, 5.41) is 0. The molecule has 4 saturated carbocycles. The minimum Gasteiger partial charge on any atom is -0.303 e. The molecule has 4 aliphatic rings. The van der Waals surface area contributed by atoms with Crippen LogP contribution >= 0.6 is 0 Å². The number of aldehydes is 1. The first kappa shape index (κ1) is 13.3. The number of carbonyl (C=O) groups excluding carboxylic acids is 1. The molecule has 20 heavy (non-hydrogen) atoms. The predicted molar refractivity (Wildman–Crippen MR) is 81.3 cm³/mol. The van der Waals surface area contributed by atoms with E-state index in [-0.39, 0.29) is 0 Å². The van der Waals surface area contributed by atoms with Gasteiger partial charge in [0.2, 0.25) is 0 Å². The average Bonchev–Trinajstić information content (AvgIpc) is 2.83. The Kier molecular flexibility index (Phi) is 3.23. The third-order valence-corrected chi connectivity index (χ3v) is 8.12. The number of fused-ring (bicyclic) bond motifs is 5. The summed E-state index contributed by atoms with van der Waals surface area (Å²) in [4.78, 5) is 11.5. The number of carbonyl (C=O) groups is 1. The summed E-state index contributed by atoms with van der Waals surface area (Å²) < 4.78 is 0. The molecule has 2 unspecified atom stereocenters. The van der Waals surface area contributed by atoms with Crippen LogP contribution in [0.3, 0.4) is 0 Å². The van der Waals surface area contributed by atoms with E-state index in [1.807, 2.05) is 0 Å². The maximum Gasteiger partial charge on any atom is 0.123 e. The van der Waals surface area contributed by atoms with Gasteiger partial charge in [0.15, 0.2) is 0 Å². The van der Waals surface area contributed by atoms with Gasteiger partial charge in [-0.2, -0.15) is 0 Å². The highest BCUT2D eigenvalue weighted by Gasteiger charge is 2.56. The molecule has 0 aromatic carbocycles. The maximum absolute atomic E-state index is 11.5. The molecule has 1 nitrogen and oxygen atoms in total. The zero-order valence-corrected chi connectivity index (χ0v) is 13.0. The second kappa shape index (κ2) is 4.85. The average molecular weight is 274 g/mol. The minimum absolute atomic E-state index is 0.365. The van der Waals surface area contributed by atoms with E-state index in [1.165, 1.54) is 70.5 Å². The lowest BCUT2D eigenvalue weighted by atomic mass is 9.50. The minimum atomic E-state index is 0.365. The molecule has 112 valence electrons. The summed E-state index contributed by atoms with van der Waals surface area (Å²) in [6.07, 6.45) is 15.6. The first-order valence-electron chi connectivity index (χ1n) is 9.19. The van der Waals surface area contributed by atoms with Gasteiger partial charge in [-0.05, 0) is 80.0 Å². The molecule has 0 spiro atoms. The molecule has 0 N–H and O–H groups in total. The second-order valence-electron chi connectivity index (χ2n) is 8.58. The van der Waals surface area contributed by atoms with Gasteiger partial charge in [0.1, 0.15) is 6.29 Å². The third kappa shape index (κ3) is 1.77. The topological polar surface area (TPSA) is 17.1 Å². The monoisotopic (exact) mass is 274 g/mol. The van der Waals surface area contributed by atoms with Gasteiger partial charge in [-0.1, -0.05) is 26.2 Å². The van der Waals surface area contributed by atoms with Gasteiger partial charge in [-0.25, -0.2) is 0 Å². The van der Waals surface area contributed by atoms with Crippen molar-refractivity contribution in [2.45, 2.75) is 71.1 Å². The first-order valence-corrected chi connectivity index (χ1v) is 9.19. The summed E-state index contributed by atoms with van der Waals surface area (Å²) in [5.41, 5.74) is 0.365. The molecule has 0 radical (unpaired) electrons. The van der Waals surface area contributed by atoms with Crippen LogP contribution in [-0.2, 0) is 4.79 Å². The van der Waals surface area contributed by atoms with E-state index in [0.29, 0.717) is 11.3 Å². The van der Waals surface area contributed by atoms with Crippen LogP contribution in [0.1, 0.15) is 71.1 Å².